The molecule has 3 nitrogen and oxygen atoms in total. The van der Waals surface area contributed by atoms with Crippen LogP contribution < -0.4 is 0 Å². The molecule has 0 saturated heterocycles. The van der Waals surface area contributed by atoms with E-state index in [1.165, 1.54) is 25.5 Å². The third-order valence-electron chi connectivity index (χ3n) is 3.37. The molecule has 0 amide bonds. The minimum Gasteiger partial charge on any atom is -0.490 e. The Morgan fingerprint density at radius 1 is 1.14 bits per heavy atom. The first-order valence-electron chi connectivity index (χ1n) is 7.73. The van der Waals surface area contributed by atoms with Crippen molar-refractivity contribution in [2.75, 3.05) is 13.7 Å². The van der Waals surface area contributed by atoms with Gasteiger partial charge < -0.3 is 9.47 Å². The number of esters is 1. The zero-order chi connectivity index (χ0) is 15.5. The summed E-state index contributed by atoms with van der Waals surface area (Å²) in [4.78, 5) is 12.0. The Labute approximate surface area is 128 Å². The highest BCUT2D eigenvalue weighted by Crippen LogP contribution is 2.15. The molecule has 0 spiro atoms. The Bertz CT molecular complexity index is 463. The normalized spacial score (nSPS) is 11.3. The molecule has 0 fully saturated rings. The van der Waals surface area contributed by atoms with Gasteiger partial charge in [0.15, 0.2) is 0 Å². The number of benzene rings is 1. The molecule has 21 heavy (non-hydrogen) atoms. The molecular formula is C18H26O3. The van der Waals surface area contributed by atoms with Gasteiger partial charge in [-0.3, -0.25) is 0 Å². The number of hydrogen-bond acceptors (Lipinski definition) is 3. The van der Waals surface area contributed by atoms with Gasteiger partial charge in [-0.2, -0.15) is 0 Å². The van der Waals surface area contributed by atoms with E-state index in [9.17, 15) is 4.79 Å². The Hall–Kier alpha value is -1.77. The van der Waals surface area contributed by atoms with E-state index in [2.05, 4.69) is 19.9 Å². The lowest BCUT2D eigenvalue weighted by molar-refractivity contribution is -0.142. The molecule has 0 aromatic heterocycles. The quantitative estimate of drug-likeness (QED) is 0.293. The van der Waals surface area contributed by atoms with Gasteiger partial charge in [-0.05, 0) is 30.0 Å². The Balaban J connectivity index is 2.64. The fraction of sp³-hybridized carbons (Fsp3) is 0.500. The number of carbonyl (C=O) groups excluding carboxylic acids is 1. The molecule has 1 aromatic rings. The largest absolute Gasteiger partial charge is 0.490 e. The van der Waals surface area contributed by atoms with E-state index in [0.29, 0.717) is 6.61 Å². The molecule has 1 aromatic carbocycles. The predicted octanol–water partition coefficient (Wildman–Crippen LogP) is 4.36. The number of aryl methyl sites for hydroxylation is 1. The Morgan fingerprint density at radius 2 is 1.90 bits per heavy atom. The third-order valence-corrected chi connectivity index (χ3v) is 3.37. The fourth-order valence-corrected chi connectivity index (χ4v) is 2.10. The summed E-state index contributed by atoms with van der Waals surface area (Å²) in [5.41, 5.74) is 2.18. The lowest BCUT2D eigenvalue weighted by Gasteiger charge is -2.09. The Kier molecular flexibility index (Phi) is 8.25. The van der Waals surface area contributed by atoms with E-state index in [1.807, 2.05) is 18.2 Å². The molecular weight excluding hydrogens is 264 g/mol. The smallest absolute Gasteiger partial charge is 0.373 e. The number of hydrogen-bond donors (Lipinski definition) is 0. The molecule has 0 radical (unpaired) electrons. The zero-order valence-corrected chi connectivity index (χ0v) is 13.4. The van der Waals surface area contributed by atoms with E-state index in [1.54, 1.807) is 6.08 Å². The standard InChI is InChI=1S/C18H26O3/c1-4-6-7-10-13-21-18(19)17(20-3)14-16-12-9-8-11-15(16)5-2/h8-9,11-12,14H,4-7,10,13H2,1-3H3. The number of carbonyl (C=O) groups is 1. The second-order valence-electron chi connectivity index (χ2n) is 4.96. The van der Waals surface area contributed by atoms with Crippen LogP contribution in [0.1, 0.15) is 50.7 Å². The summed E-state index contributed by atoms with van der Waals surface area (Å²) in [5, 5.41) is 0. The molecule has 116 valence electrons. The van der Waals surface area contributed by atoms with Gasteiger partial charge in [-0.15, -0.1) is 0 Å². The van der Waals surface area contributed by atoms with Crippen molar-refractivity contribution in [2.45, 2.75) is 46.0 Å². The summed E-state index contributed by atoms with van der Waals surface area (Å²) in [7, 11) is 1.50. The van der Waals surface area contributed by atoms with Crippen LogP contribution >= 0.6 is 0 Å². The molecule has 0 unspecified atom stereocenters. The average Bonchev–Trinajstić information content (AvgIpc) is 2.52. The van der Waals surface area contributed by atoms with Crippen molar-refractivity contribution in [3.63, 3.8) is 0 Å². The number of methoxy groups -OCH3 is 1. The summed E-state index contributed by atoms with van der Waals surface area (Å²) in [6, 6.07) is 7.98. The van der Waals surface area contributed by atoms with Gasteiger partial charge >= 0.3 is 5.97 Å². The summed E-state index contributed by atoms with van der Waals surface area (Å²) in [6.07, 6.45) is 7.01. The molecule has 0 heterocycles. The second-order valence-corrected chi connectivity index (χ2v) is 4.96. The van der Waals surface area contributed by atoms with Gasteiger partial charge in [0.25, 0.3) is 0 Å². The zero-order valence-electron chi connectivity index (χ0n) is 13.4. The predicted molar refractivity (Wildman–Crippen MR) is 85.9 cm³/mol. The van der Waals surface area contributed by atoms with E-state index >= 15 is 0 Å². The van der Waals surface area contributed by atoms with Crippen molar-refractivity contribution < 1.29 is 14.3 Å². The monoisotopic (exact) mass is 290 g/mol. The molecule has 0 saturated carbocycles. The third kappa shape index (κ3) is 6.03. The number of rotatable bonds is 9. The van der Waals surface area contributed by atoms with Crippen LogP contribution in [-0.2, 0) is 20.7 Å². The summed E-state index contributed by atoms with van der Waals surface area (Å²) in [5.74, 6) is -0.133. The molecule has 0 bridgehead atoms. The molecule has 1 rings (SSSR count). The van der Waals surface area contributed by atoms with Crippen molar-refractivity contribution in [3.8, 4) is 0 Å². The van der Waals surface area contributed by atoms with Crippen molar-refractivity contribution in [2.24, 2.45) is 0 Å². The van der Waals surface area contributed by atoms with E-state index < -0.39 is 0 Å². The lowest BCUT2D eigenvalue weighted by atomic mass is 10.0. The van der Waals surface area contributed by atoms with Gasteiger partial charge in [0, 0.05) is 0 Å². The van der Waals surface area contributed by atoms with Gasteiger partial charge in [-0.1, -0.05) is 57.4 Å². The minimum atomic E-state index is -0.389. The highest BCUT2D eigenvalue weighted by atomic mass is 16.6. The van der Waals surface area contributed by atoms with E-state index in [0.717, 1.165) is 24.8 Å². The summed E-state index contributed by atoms with van der Waals surface area (Å²) in [6.45, 7) is 4.70. The molecule has 0 aliphatic heterocycles. The van der Waals surface area contributed by atoms with Crippen LogP contribution in [0.25, 0.3) is 6.08 Å². The molecule has 0 aliphatic carbocycles. The first-order valence-corrected chi connectivity index (χ1v) is 7.73. The maximum atomic E-state index is 12.0. The molecule has 0 aliphatic rings. The highest BCUT2D eigenvalue weighted by molar-refractivity contribution is 5.91. The van der Waals surface area contributed by atoms with Gasteiger partial charge in [0.1, 0.15) is 0 Å². The average molecular weight is 290 g/mol. The first kappa shape index (κ1) is 17.3. The van der Waals surface area contributed by atoms with Crippen LogP contribution in [-0.4, -0.2) is 19.7 Å². The van der Waals surface area contributed by atoms with Gasteiger partial charge in [0.05, 0.1) is 13.7 Å². The van der Waals surface area contributed by atoms with Crippen LogP contribution in [0.3, 0.4) is 0 Å². The van der Waals surface area contributed by atoms with Gasteiger partial charge in [-0.25, -0.2) is 4.79 Å². The minimum absolute atomic E-state index is 0.256. The van der Waals surface area contributed by atoms with E-state index in [-0.39, 0.29) is 11.7 Å². The summed E-state index contributed by atoms with van der Waals surface area (Å²) < 4.78 is 10.4. The first-order chi connectivity index (χ1) is 10.2. The van der Waals surface area contributed by atoms with Crippen LogP contribution in [0, 0.1) is 0 Å². The SMILES string of the molecule is CCCCCCOC(=O)C(=Cc1ccccc1CC)OC. The molecule has 0 N–H and O–H groups in total. The summed E-state index contributed by atoms with van der Waals surface area (Å²) >= 11 is 0. The van der Waals surface area contributed by atoms with Gasteiger partial charge in [0.2, 0.25) is 5.76 Å². The highest BCUT2D eigenvalue weighted by Gasteiger charge is 2.12. The maximum Gasteiger partial charge on any atom is 0.373 e. The van der Waals surface area contributed by atoms with Crippen LogP contribution in [0.4, 0.5) is 0 Å². The van der Waals surface area contributed by atoms with Crippen molar-refractivity contribution in [1.29, 1.82) is 0 Å². The van der Waals surface area contributed by atoms with Crippen molar-refractivity contribution in [1.82, 2.24) is 0 Å². The van der Waals surface area contributed by atoms with Crippen LogP contribution in [0.15, 0.2) is 30.0 Å². The Morgan fingerprint density at radius 3 is 2.57 bits per heavy atom. The topological polar surface area (TPSA) is 35.5 Å². The number of ether oxygens (including phenoxy) is 2. The molecule has 0 atom stereocenters. The van der Waals surface area contributed by atoms with Crippen LogP contribution in [0.2, 0.25) is 0 Å². The number of unbranched alkanes of at least 4 members (excludes halogenated alkanes) is 3. The van der Waals surface area contributed by atoms with Crippen molar-refractivity contribution in [3.05, 3.63) is 41.2 Å². The maximum absolute atomic E-state index is 12.0. The van der Waals surface area contributed by atoms with Crippen molar-refractivity contribution >= 4 is 12.0 Å². The molecule has 3 heteroatoms. The fourth-order valence-electron chi connectivity index (χ4n) is 2.10. The lowest BCUT2D eigenvalue weighted by Crippen LogP contribution is -2.10. The van der Waals surface area contributed by atoms with Crippen LogP contribution in [0.5, 0.6) is 0 Å². The van der Waals surface area contributed by atoms with E-state index in [4.69, 9.17) is 9.47 Å². The second kappa shape index (κ2) is 10.0.